The summed E-state index contributed by atoms with van der Waals surface area (Å²) in [5.74, 6) is 0.562. The van der Waals surface area contributed by atoms with E-state index in [1.807, 2.05) is 83.4 Å². The molecule has 0 aliphatic carbocycles. The molecule has 2 aliphatic rings. The number of likely N-dealkylation sites (tertiary alicyclic amines) is 1. The minimum Gasteiger partial charge on any atom is -0.341 e. The summed E-state index contributed by atoms with van der Waals surface area (Å²) in [4.78, 5) is 42.5. The van der Waals surface area contributed by atoms with E-state index in [1.165, 1.54) is 0 Å². The lowest BCUT2D eigenvalue weighted by Crippen LogP contribution is -2.60. The minimum atomic E-state index is -0.727. The molecule has 44 heavy (non-hydrogen) atoms. The van der Waals surface area contributed by atoms with Gasteiger partial charge >= 0.3 is 6.03 Å². The first kappa shape index (κ1) is 30.2. The lowest BCUT2D eigenvalue weighted by atomic mass is 9.99. The molecule has 1 atom stereocenters. The molecule has 230 valence electrons. The van der Waals surface area contributed by atoms with E-state index in [2.05, 4.69) is 17.1 Å². The van der Waals surface area contributed by atoms with Crippen molar-refractivity contribution in [3.8, 4) is 0 Å². The zero-order valence-corrected chi connectivity index (χ0v) is 26.6. The number of anilines is 2. The second-order valence-electron chi connectivity index (χ2n) is 11.4. The van der Waals surface area contributed by atoms with E-state index in [9.17, 15) is 9.59 Å². The monoisotopic (exact) mass is 633 g/mol. The number of aromatic amines is 1. The highest BCUT2D eigenvalue weighted by Gasteiger charge is 2.44. The van der Waals surface area contributed by atoms with Gasteiger partial charge in [0.05, 0.1) is 23.4 Å². The smallest absolute Gasteiger partial charge is 0.334 e. The average molecular weight is 635 g/mol. The zero-order valence-electron chi connectivity index (χ0n) is 25.0. The van der Waals surface area contributed by atoms with E-state index >= 15 is 0 Å². The molecule has 6 rings (SSSR count). The molecule has 1 N–H and O–H groups in total. The van der Waals surface area contributed by atoms with Gasteiger partial charge in [-0.25, -0.2) is 9.78 Å². The van der Waals surface area contributed by atoms with Gasteiger partial charge in [-0.1, -0.05) is 60.5 Å². The van der Waals surface area contributed by atoms with Gasteiger partial charge in [0, 0.05) is 48.8 Å². The molecule has 3 heterocycles. The highest BCUT2D eigenvalue weighted by molar-refractivity contribution is 6.31. The van der Waals surface area contributed by atoms with Crippen molar-refractivity contribution in [2.24, 2.45) is 0 Å². The number of urea groups is 1. The minimum absolute atomic E-state index is 0.0251. The number of halogens is 2. The SMILES string of the molecule is CCCN(C(=O)N(C)CCc1ccccc1)N1CN(c2nc3ccc(Cl)cc3[nH]2)c2ccc(Cl)cc2C1C(=O)N1CCCC1. The fourth-order valence-electron chi connectivity index (χ4n) is 6.10. The third-order valence-corrected chi connectivity index (χ3v) is 8.84. The molecule has 4 aromatic rings. The first-order valence-electron chi connectivity index (χ1n) is 15.2. The number of H-pyrrole nitrogens is 1. The Morgan fingerprint density at radius 2 is 1.70 bits per heavy atom. The number of nitrogens with one attached hydrogen (secondary N) is 1. The largest absolute Gasteiger partial charge is 0.341 e. The standard InChI is InChI=1S/C33H37Cl2N7O2/c1-3-16-41(33(44)38(2)19-15-23-9-5-4-6-10-23)42-22-40(32-36-27-13-11-25(35)21-28(27)37-32)29-14-12-24(34)20-26(29)30(42)31(43)39-17-7-8-18-39/h4-6,9-14,20-21,30H,3,7-8,15-19,22H2,1-2H3,(H,36,37). The van der Waals surface area contributed by atoms with E-state index < -0.39 is 6.04 Å². The van der Waals surface area contributed by atoms with Crippen LogP contribution in [0.4, 0.5) is 16.4 Å². The second-order valence-corrected chi connectivity index (χ2v) is 12.3. The summed E-state index contributed by atoms with van der Waals surface area (Å²) >= 11 is 12.9. The third kappa shape index (κ3) is 6.09. The summed E-state index contributed by atoms with van der Waals surface area (Å²) in [6.45, 7) is 4.65. The van der Waals surface area contributed by atoms with Crippen LogP contribution in [0.3, 0.4) is 0 Å². The van der Waals surface area contributed by atoms with Gasteiger partial charge in [0.1, 0.15) is 6.04 Å². The number of imidazole rings is 1. The van der Waals surface area contributed by atoms with E-state index in [0.717, 1.165) is 47.1 Å². The Kier molecular flexibility index (Phi) is 8.98. The zero-order chi connectivity index (χ0) is 30.8. The first-order chi connectivity index (χ1) is 21.3. The highest BCUT2D eigenvalue weighted by atomic mass is 35.5. The number of carbonyl (C=O) groups is 2. The summed E-state index contributed by atoms with van der Waals surface area (Å²) < 4.78 is 0. The van der Waals surface area contributed by atoms with Crippen LogP contribution in [-0.4, -0.2) is 81.6 Å². The molecule has 0 spiro atoms. The number of hydrazine groups is 1. The van der Waals surface area contributed by atoms with Gasteiger partial charge in [0.2, 0.25) is 11.9 Å². The van der Waals surface area contributed by atoms with Crippen molar-refractivity contribution in [3.63, 3.8) is 0 Å². The number of fused-ring (bicyclic) bond motifs is 2. The van der Waals surface area contributed by atoms with Crippen LogP contribution in [0, 0.1) is 0 Å². The fraction of sp³-hybridized carbons (Fsp3) is 0.364. The molecule has 1 fully saturated rings. The molecule has 9 nitrogen and oxygen atoms in total. The van der Waals surface area contributed by atoms with Crippen LogP contribution >= 0.6 is 23.2 Å². The van der Waals surface area contributed by atoms with Gasteiger partial charge in [-0.3, -0.25) is 14.7 Å². The summed E-state index contributed by atoms with van der Waals surface area (Å²) in [5, 5.41) is 4.77. The molecule has 1 saturated heterocycles. The molecule has 0 bridgehead atoms. The number of aromatic nitrogens is 2. The topological polar surface area (TPSA) is 79.0 Å². The maximum atomic E-state index is 14.4. The Morgan fingerprint density at radius 3 is 2.45 bits per heavy atom. The predicted octanol–water partition coefficient (Wildman–Crippen LogP) is 6.87. The first-order valence-corrected chi connectivity index (χ1v) is 15.9. The Morgan fingerprint density at radius 1 is 0.977 bits per heavy atom. The van der Waals surface area contributed by atoms with Gasteiger partial charge in [0.25, 0.3) is 0 Å². The van der Waals surface area contributed by atoms with Crippen LogP contribution < -0.4 is 4.90 Å². The number of carbonyl (C=O) groups excluding carboxylic acids is 2. The fourth-order valence-corrected chi connectivity index (χ4v) is 6.45. The molecule has 0 saturated carbocycles. The van der Waals surface area contributed by atoms with E-state index in [4.69, 9.17) is 28.2 Å². The van der Waals surface area contributed by atoms with Gasteiger partial charge in [0.15, 0.2) is 0 Å². The number of hydrogen-bond donors (Lipinski definition) is 1. The molecule has 1 unspecified atom stereocenters. The molecule has 1 aromatic heterocycles. The van der Waals surface area contributed by atoms with E-state index in [1.54, 1.807) is 9.91 Å². The second kappa shape index (κ2) is 13.1. The van der Waals surface area contributed by atoms with E-state index in [0.29, 0.717) is 48.6 Å². The van der Waals surface area contributed by atoms with E-state index in [-0.39, 0.29) is 18.6 Å². The molecular formula is C33H37Cl2N7O2. The van der Waals surface area contributed by atoms with Crippen molar-refractivity contribution in [1.29, 1.82) is 0 Å². The van der Waals surface area contributed by atoms with Crippen molar-refractivity contribution in [2.45, 2.75) is 38.6 Å². The van der Waals surface area contributed by atoms with Gasteiger partial charge < -0.3 is 14.8 Å². The number of amides is 3. The number of hydrogen-bond acceptors (Lipinski definition) is 5. The summed E-state index contributed by atoms with van der Waals surface area (Å²) in [6, 6.07) is 20.4. The maximum absolute atomic E-state index is 14.4. The number of rotatable bonds is 8. The number of nitrogens with zero attached hydrogens (tertiary/aromatic N) is 6. The molecule has 0 radical (unpaired) electrons. The van der Waals surface area contributed by atoms with Crippen molar-refractivity contribution in [2.75, 3.05) is 44.8 Å². The average Bonchev–Trinajstić information content (AvgIpc) is 3.72. The maximum Gasteiger partial charge on any atom is 0.334 e. The van der Waals surface area contributed by atoms with Crippen LogP contribution in [0.15, 0.2) is 66.7 Å². The predicted molar refractivity (Wildman–Crippen MR) is 175 cm³/mol. The Labute approximate surface area is 267 Å². The van der Waals surface area contributed by atoms with Gasteiger partial charge in [-0.05, 0) is 67.6 Å². The number of benzene rings is 3. The van der Waals surface area contributed by atoms with Gasteiger partial charge in [-0.15, -0.1) is 0 Å². The van der Waals surface area contributed by atoms with Gasteiger partial charge in [-0.2, -0.15) is 5.01 Å². The third-order valence-electron chi connectivity index (χ3n) is 8.37. The number of likely N-dealkylation sites (N-methyl/N-ethyl adjacent to an activating group) is 1. The van der Waals surface area contributed by atoms with Crippen molar-refractivity contribution < 1.29 is 9.59 Å². The quantitative estimate of drug-likeness (QED) is 0.229. The van der Waals surface area contributed by atoms with Crippen LogP contribution in [0.2, 0.25) is 10.0 Å². The Balaban J connectivity index is 1.41. The summed E-state index contributed by atoms with van der Waals surface area (Å²) in [7, 11) is 1.82. The van der Waals surface area contributed by atoms with Crippen LogP contribution in [0.25, 0.3) is 11.0 Å². The van der Waals surface area contributed by atoms with Crippen molar-refractivity contribution >= 4 is 57.8 Å². The molecular weight excluding hydrogens is 597 g/mol. The highest BCUT2D eigenvalue weighted by Crippen LogP contribution is 2.42. The van der Waals surface area contributed by atoms with Crippen LogP contribution in [-0.2, 0) is 11.2 Å². The van der Waals surface area contributed by atoms with Crippen molar-refractivity contribution in [3.05, 3.63) is 87.9 Å². The molecule has 2 aliphatic heterocycles. The molecule has 3 aromatic carbocycles. The summed E-state index contributed by atoms with van der Waals surface area (Å²) in [5.41, 5.74) is 4.28. The normalized spacial score (nSPS) is 16.8. The lowest BCUT2D eigenvalue weighted by molar-refractivity contribution is -0.144. The van der Waals surface area contributed by atoms with Crippen molar-refractivity contribution in [1.82, 2.24) is 29.8 Å². The molecule has 3 amide bonds. The Hall–Kier alpha value is -3.79. The Bertz CT molecular complexity index is 1640. The van der Waals surface area contributed by atoms with Crippen LogP contribution in [0.1, 0.15) is 43.4 Å². The van der Waals surface area contributed by atoms with Crippen LogP contribution in [0.5, 0.6) is 0 Å². The summed E-state index contributed by atoms with van der Waals surface area (Å²) in [6.07, 6.45) is 3.37. The molecule has 11 heteroatoms. The lowest BCUT2D eigenvalue weighted by Gasteiger charge is -2.48.